The SMILES string of the molecule is Cn1cc(C(=O)N2C[C@@H](O)C[C@@H]2c2cc(F)ccc2F)cn1. The van der Waals surface area contributed by atoms with Gasteiger partial charge in [-0.25, -0.2) is 8.78 Å². The molecule has 0 saturated carbocycles. The van der Waals surface area contributed by atoms with Crippen LogP contribution in [0.2, 0.25) is 0 Å². The highest BCUT2D eigenvalue weighted by atomic mass is 19.1. The Bertz CT molecular complexity index is 717. The highest BCUT2D eigenvalue weighted by Crippen LogP contribution is 2.35. The number of aromatic nitrogens is 2. The topological polar surface area (TPSA) is 58.4 Å². The van der Waals surface area contributed by atoms with Crippen molar-refractivity contribution in [3.05, 3.63) is 53.4 Å². The van der Waals surface area contributed by atoms with E-state index in [1.54, 1.807) is 13.2 Å². The summed E-state index contributed by atoms with van der Waals surface area (Å²) in [6.07, 6.45) is 2.36. The number of aliphatic hydroxyl groups is 1. The van der Waals surface area contributed by atoms with E-state index in [2.05, 4.69) is 5.10 Å². The van der Waals surface area contributed by atoms with Crippen molar-refractivity contribution >= 4 is 5.91 Å². The molecule has 1 amide bonds. The van der Waals surface area contributed by atoms with Crippen LogP contribution in [-0.4, -0.2) is 38.3 Å². The maximum absolute atomic E-state index is 14.0. The number of hydrogen-bond acceptors (Lipinski definition) is 3. The number of likely N-dealkylation sites (tertiary alicyclic amines) is 1. The number of nitrogens with zero attached hydrogens (tertiary/aromatic N) is 3. The van der Waals surface area contributed by atoms with Crippen LogP contribution in [0.1, 0.15) is 28.4 Å². The number of carbonyl (C=O) groups is 1. The van der Waals surface area contributed by atoms with E-state index in [1.165, 1.54) is 15.8 Å². The van der Waals surface area contributed by atoms with E-state index in [-0.39, 0.29) is 24.4 Å². The standard InChI is InChI=1S/C15H15F2N3O2/c1-19-7-9(6-18-19)15(22)20-8-11(21)5-14(20)12-4-10(16)2-3-13(12)17/h2-4,6-7,11,14,21H,5,8H2,1H3/t11-,14+/m0/s1. The van der Waals surface area contributed by atoms with Crippen LogP contribution in [0.15, 0.2) is 30.6 Å². The lowest BCUT2D eigenvalue weighted by molar-refractivity contribution is 0.0713. The fourth-order valence-corrected chi connectivity index (χ4v) is 2.80. The van der Waals surface area contributed by atoms with Crippen LogP contribution in [0.4, 0.5) is 8.78 Å². The Morgan fingerprint density at radius 3 is 2.86 bits per heavy atom. The van der Waals surface area contributed by atoms with Gasteiger partial charge in [-0.2, -0.15) is 5.10 Å². The molecular weight excluding hydrogens is 292 g/mol. The summed E-state index contributed by atoms with van der Waals surface area (Å²) < 4.78 is 28.9. The van der Waals surface area contributed by atoms with Crippen LogP contribution in [0, 0.1) is 11.6 Å². The summed E-state index contributed by atoms with van der Waals surface area (Å²) in [5.74, 6) is -1.53. The van der Waals surface area contributed by atoms with Gasteiger partial charge in [0.15, 0.2) is 0 Å². The maximum atomic E-state index is 14.0. The molecule has 1 aliphatic rings. The lowest BCUT2D eigenvalue weighted by Gasteiger charge is -2.24. The summed E-state index contributed by atoms with van der Waals surface area (Å²) in [7, 11) is 1.68. The van der Waals surface area contributed by atoms with Gasteiger partial charge in [-0.3, -0.25) is 9.48 Å². The molecule has 0 radical (unpaired) electrons. The van der Waals surface area contributed by atoms with Crippen molar-refractivity contribution in [3.8, 4) is 0 Å². The molecule has 0 unspecified atom stereocenters. The third-order valence-corrected chi connectivity index (χ3v) is 3.81. The lowest BCUT2D eigenvalue weighted by Crippen LogP contribution is -2.32. The van der Waals surface area contributed by atoms with Gasteiger partial charge < -0.3 is 10.0 Å². The molecule has 2 aromatic rings. The molecule has 0 aliphatic carbocycles. The zero-order chi connectivity index (χ0) is 15.9. The Morgan fingerprint density at radius 1 is 1.41 bits per heavy atom. The summed E-state index contributed by atoms with van der Waals surface area (Å²) in [4.78, 5) is 13.9. The Hall–Kier alpha value is -2.28. The van der Waals surface area contributed by atoms with Gasteiger partial charge in [0, 0.05) is 25.4 Å². The molecule has 0 bridgehead atoms. The first-order valence-corrected chi connectivity index (χ1v) is 6.88. The zero-order valence-electron chi connectivity index (χ0n) is 11.9. The Labute approximate surface area is 125 Å². The summed E-state index contributed by atoms with van der Waals surface area (Å²) >= 11 is 0. The van der Waals surface area contributed by atoms with Crippen LogP contribution in [0.25, 0.3) is 0 Å². The van der Waals surface area contributed by atoms with Crippen LogP contribution in [-0.2, 0) is 7.05 Å². The van der Waals surface area contributed by atoms with Crippen molar-refractivity contribution in [2.24, 2.45) is 7.05 Å². The summed E-state index contributed by atoms with van der Waals surface area (Å²) in [6.45, 7) is 0.0777. The third-order valence-electron chi connectivity index (χ3n) is 3.81. The van der Waals surface area contributed by atoms with E-state index in [0.717, 1.165) is 18.2 Å². The van der Waals surface area contributed by atoms with Gasteiger partial charge in [0.25, 0.3) is 5.91 Å². The summed E-state index contributed by atoms with van der Waals surface area (Å²) in [5, 5.41) is 13.8. The van der Waals surface area contributed by atoms with E-state index in [0.29, 0.717) is 5.56 Å². The molecule has 2 heterocycles. The second-order valence-corrected chi connectivity index (χ2v) is 5.43. The predicted molar refractivity (Wildman–Crippen MR) is 74.0 cm³/mol. The highest BCUT2D eigenvalue weighted by Gasteiger charge is 2.37. The lowest BCUT2D eigenvalue weighted by atomic mass is 10.0. The largest absolute Gasteiger partial charge is 0.391 e. The monoisotopic (exact) mass is 307 g/mol. The average Bonchev–Trinajstić information content (AvgIpc) is 3.07. The van der Waals surface area contributed by atoms with Crippen molar-refractivity contribution in [1.29, 1.82) is 0 Å². The number of β-amino-alcohol motifs (C(OH)–C–C–N with tert-alkyl or cyclic N) is 1. The minimum Gasteiger partial charge on any atom is -0.391 e. The number of aliphatic hydroxyl groups excluding tert-OH is 1. The first-order valence-electron chi connectivity index (χ1n) is 6.88. The normalized spacial score (nSPS) is 21.4. The molecule has 1 aliphatic heterocycles. The molecular formula is C15H15F2N3O2. The summed E-state index contributed by atoms with van der Waals surface area (Å²) in [5.41, 5.74) is 0.423. The minimum atomic E-state index is -0.770. The van der Waals surface area contributed by atoms with Crippen LogP contribution < -0.4 is 0 Å². The second-order valence-electron chi connectivity index (χ2n) is 5.43. The quantitative estimate of drug-likeness (QED) is 0.918. The fourth-order valence-electron chi connectivity index (χ4n) is 2.80. The number of rotatable bonds is 2. The predicted octanol–water partition coefficient (Wildman–Crippen LogP) is 1.65. The maximum Gasteiger partial charge on any atom is 0.257 e. The highest BCUT2D eigenvalue weighted by molar-refractivity contribution is 5.94. The molecule has 1 saturated heterocycles. The first kappa shape index (κ1) is 14.6. The molecule has 2 atom stereocenters. The summed E-state index contributed by atoms with van der Waals surface area (Å²) in [6, 6.07) is 2.43. The van der Waals surface area contributed by atoms with Gasteiger partial charge in [-0.15, -0.1) is 0 Å². The molecule has 0 spiro atoms. The fraction of sp³-hybridized carbons (Fsp3) is 0.333. The van der Waals surface area contributed by atoms with Crippen molar-refractivity contribution in [1.82, 2.24) is 14.7 Å². The average molecular weight is 307 g/mol. The van der Waals surface area contributed by atoms with Gasteiger partial charge >= 0.3 is 0 Å². The van der Waals surface area contributed by atoms with Crippen molar-refractivity contribution < 1.29 is 18.7 Å². The third kappa shape index (κ3) is 2.59. The molecule has 1 aromatic heterocycles. The molecule has 7 heteroatoms. The van der Waals surface area contributed by atoms with Crippen LogP contribution in [0.5, 0.6) is 0 Å². The molecule has 3 rings (SSSR count). The van der Waals surface area contributed by atoms with Gasteiger partial charge in [0.1, 0.15) is 11.6 Å². The van der Waals surface area contributed by atoms with Gasteiger partial charge in [0.05, 0.1) is 23.9 Å². The van der Waals surface area contributed by atoms with E-state index < -0.39 is 23.8 Å². The first-order chi connectivity index (χ1) is 10.5. The minimum absolute atomic E-state index is 0.0776. The molecule has 22 heavy (non-hydrogen) atoms. The Morgan fingerprint density at radius 2 is 2.18 bits per heavy atom. The number of amides is 1. The number of carbonyl (C=O) groups excluding carboxylic acids is 1. The number of benzene rings is 1. The molecule has 1 fully saturated rings. The van der Waals surface area contributed by atoms with Gasteiger partial charge in [-0.05, 0) is 24.6 Å². The zero-order valence-corrected chi connectivity index (χ0v) is 11.9. The smallest absolute Gasteiger partial charge is 0.257 e. The number of aryl methyl sites for hydroxylation is 1. The molecule has 1 aromatic carbocycles. The second kappa shape index (κ2) is 5.49. The van der Waals surface area contributed by atoms with Crippen molar-refractivity contribution in [2.75, 3.05) is 6.54 Å². The molecule has 5 nitrogen and oxygen atoms in total. The number of halogens is 2. The van der Waals surface area contributed by atoms with Crippen LogP contribution in [0.3, 0.4) is 0 Å². The van der Waals surface area contributed by atoms with Crippen molar-refractivity contribution in [3.63, 3.8) is 0 Å². The molecule has 1 N–H and O–H groups in total. The Kier molecular flexibility index (Phi) is 3.66. The van der Waals surface area contributed by atoms with Crippen LogP contribution >= 0.6 is 0 Å². The van der Waals surface area contributed by atoms with Gasteiger partial charge in [0.2, 0.25) is 0 Å². The van der Waals surface area contributed by atoms with Crippen molar-refractivity contribution in [2.45, 2.75) is 18.6 Å². The van der Waals surface area contributed by atoms with E-state index in [9.17, 15) is 18.7 Å². The van der Waals surface area contributed by atoms with E-state index in [4.69, 9.17) is 0 Å². The number of hydrogen-bond donors (Lipinski definition) is 1. The van der Waals surface area contributed by atoms with E-state index in [1.807, 2.05) is 0 Å². The molecule has 116 valence electrons. The Balaban J connectivity index is 1.95. The van der Waals surface area contributed by atoms with E-state index >= 15 is 0 Å². The van der Waals surface area contributed by atoms with Gasteiger partial charge in [-0.1, -0.05) is 0 Å².